The second-order valence-corrected chi connectivity index (χ2v) is 6.12. The Balaban J connectivity index is 1.82. The van der Waals surface area contributed by atoms with Crippen LogP contribution in [0.1, 0.15) is 34.9 Å². The van der Waals surface area contributed by atoms with Gasteiger partial charge in [0.1, 0.15) is 5.82 Å². The molecule has 1 saturated carbocycles. The monoisotopic (exact) mass is 334 g/mol. The van der Waals surface area contributed by atoms with Crippen LogP contribution in [0.2, 0.25) is 5.02 Å². The molecule has 1 aliphatic carbocycles. The highest BCUT2D eigenvalue weighted by molar-refractivity contribution is 6.33. The van der Waals surface area contributed by atoms with E-state index < -0.39 is 5.82 Å². The molecule has 4 nitrogen and oxygen atoms in total. The third-order valence-electron chi connectivity index (χ3n) is 4.09. The lowest BCUT2D eigenvalue weighted by Crippen LogP contribution is -2.41. The van der Waals surface area contributed by atoms with Crippen molar-refractivity contribution in [2.75, 3.05) is 0 Å². The number of hydrogen-bond donors (Lipinski definition) is 2. The molecule has 0 spiro atoms. The normalized spacial score (nSPS) is 21.3. The van der Waals surface area contributed by atoms with Gasteiger partial charge in [-0.15, -0.1) is 0 Å². The Morgan fingerprint density at radius 1 is 1.35 bits per heavy atom. The van der Waals surface area contributed by atoms with Gasteiger partial charge in [-0.25, -0.2) is 4.39 Å². The van der Waals surface area contributed by atoms with Crippen LogP contribution in [0.25, 0.3) is 0 Å². The maximum Gasteiger partial charge on any atom is 0.253 e. The van der Waals surface area contributed by atoms with Crippen LogP contribution in [0, 0.1) is 11.7 Å². The van der Waals surface area contributed by atoms with Crippen molar-refractivity contribution in [3.05, 3.63) is 64.7 Å². The van der Waals surface area contributed by atoms with Crippen molar-refractivity contribution in [1.29, 1.82) is 0 Å². The van der Waals surface area contributed by atoms with E-state index in [1.165, 1.54) is 12.1 Å². The number of nitrogens with one attached hydrogen (secondary N) is 1. The van der Waals surface area contributed by atoms with Crippen LogP contribution in [0.3, 0.4) is 0 Å². The number of carbonyl (C=O) groups is 1. The molecule has 0 radical (unpaired) electrons. The fourth-order valence-electron chi connectivity index (χ4n) is 2.79. The highest BCUT2D eigenvalue weighted by atomic mass is 35.5. The number of rotatable bonds is 4. The molecule has 120 valence electrons. The number of pyridine rings is 1. The summed E-state index contributed by atoms with van der Waals surface area (Å²) < 4.78 is 13.1. The number of benzene rings is 1. The van der Waals surface area contributed by atoms with E-state index in [0.29, 0.717) is 12.8 Å². The number of hydrogen-bond acceptors (Lipinski definition) is 3. The van der Waals surface area contributed by atoms with Crippen molar-refractivity contribution in [2.45, 2.75) is 25.0 Å². The first-order chi connectivity index (χ1) is 11.0. The number of aromatic nitrogens is 1. The summed E-state index contributed by atoms with van der Waals surface area (Å²) in [4.78, 5) is 16.8. The van der Waals surface area contributed by atoms with Crippen LogP contribution in [-0.4, -0.2) is 22.1 Å². The molecule has 0 bridgehead atoms. The maximum absolute atomic E-state index is 13.1. The minimum absolute atomic E-state index is 0.0657. The Morgan fingerprint density at radius 2 is 2.13 bits per heavy atom. The van der Waals surface area contributed by atoms with Gasteiger partial charge in [-0.2, -0.15) is 0 Å². The molecule has 1 aromatic carbocycles. The zero-order valence-corrected chi connectivity index (χ0v) is 13.0. The quantitative estimate of drug-likeness (QED) is 0.903. The van der Waals surface area contributed by atoms with Gasteiger partial charge in [-0.1, -0.05) is 17.7 Å². The molecule has 1 aliphatic rings. The number of amides is 1. The summed E-state index contributed by atoms with van der Waals surface area (Å²) in [5, 5.41) is 12.5. The van der Waals surface area contributed by atoms with Crippen LogP contribution >= 0.6 is 11.6 Å². The van der Waals surface area contributed by atoms with E-state index in [-0.39, 0.29) is 34.6 Å². The predicted molar refractivity (Wildman–Crippen MR) is 84.6 cm³/mol. The molecule has 6 heteroatoms. The molecule has 2 aromatic rings. The number of aliphatic hydroxyl groups excluding tert-OH is 1. The fraction of sp³-hybridized carbons (Fsp3) is 0.294. The second-order valence-electron chi connectivity index (χ2n) is 5.72. The van der Waals surface area contributed by atoms with E-state index in [1.807, 2.05) is 12.1 Å². The molecule has 1 amide bonds. The number of carbonyl (C=O) groups excluding carboxylic acids is 1. The van der Waals surface area contributed by atoms with Gasteiger partial charge in [-0.3, -0.25) is 9.78 Å². The first-order valence-electron chi connectivity index (χ1n) is 7.39. The van der Waals surface area contributed by atoms with Gasteiger partial charge >= 0.3 is 0 Å². The van der Waals surface area contributed by atoms with Crippen LogP contribution in [-0.2, 0) is 0 Å². The Morgan fingerprint density at radius 3 is 2.74 bits per heavy atom. The molecule has 0 aliphatic heterocycles. The summed E-state index contributed by atoms with van der Waals surface area (Å²) >= 11 is 5.95. The van der Waals surface area contributed by atoms with E-state index in [4.69, 9.17) is 11.6 Å². The molecule has 1 aromatic heterocycles. The fourth-order valence-corrected chi connectivity index (χ4v) is 3.04. The third kappa shape index (κ3) is 3.51. The van der Waals surface area contributed by atoms with Crippen molar-refractivity contribution in [3.63, 3.8) is 0 Å². The summed E-state index contributed by atoms with van der Waals surface area (Å²) in [6, 6.07) is 8.84. The molecule has 0 saturated heterocycles. The van der Waals surface area contributed by atoms with Crippen molar-refractivity contribution in [2.24, 2.45) is 5.92 Å². The standard InChI is InChI=1S/C17H16ClFN2O2/c18-14-9-11(19)4-5-13(14)17(23)21-16(10-7-12(22)8-10)15-3-1-2-6-20-15/h1-6,9-10,12,16,22H,7-8H2,(H,21,23). The Kier molecular flexibility index (Phi) is 4.59. The maximum atomic E-state index is 13.1. The van der Waals surface area contributed by atoms with Crippen molar-refractivity contribution < 1.29 is 14.3 Å². The summed E-state index contributed by atoms with van der Waals surface area (Å²) in [7, 11) is 0. The van der Waals surface area contributed by atoms with Crippen molar-refractivity contribution in [3.8, 4) is 0 Å². The number of aliphatic hydroxyl groups is 1. The molecule has 1 unspecified atom stereocenters. The Labute approximate surface area is 138 Å². The predicted octanol–water partition coefficient (Wildman–Crippen LogP) is 3.12. The highest BCUT2D eigenvalue weighted by Gasteiger charge is 2.36. The smallest absolute Gasteiger partial charge is 0.253 e. The van der Waals surface area contributed by atoms with Gasteiger partial charge in [0.25, 0.3) is 5.91 Å². The molecule has 1 fully saturated rings. The molecule has 1 heterocycles. The van der Waals surface area contributed by atoms with E-state index in [1.54, 1.807) is 12.3 Å². The molecule has 2 N–H and O–H groups in total. The summed E-state index contributed by atoms with van der Waals surface area (Å²) in [6.07, 6.45) is 2.55. The van der Waals surface area contributed by atoms with Gasteiger partial charge in [0, 0.05) is 6.20 Å². The Bertz CT molecular complexity index is 705. The summed E-state index contributed by atoms with van der Waals surface area (Å²) in [5.41, 5.74) is 0.949. The minimum atomic E-state index is -0.491. The van der Waals surface area contributed by atoms with Crippen molar-refractivity contribution >= 4 is 17.5 Å². The van der Waals surface area contributed by atoms with E-state index in [0.717, 1.165) is 11.8 Å². The van der Waals surface area contributed by atoms with Crippen LogP contribution in [0.4, 0.5) is 4.39 Å². The largest absolute Gasteiger partial charge is 0.393 e. The first-order valence-corrected chi connectivity index (χ1v) is 7.77. The van der Waals surface area contributed by atoms with Crippen LogP contribution < -0.4 is 5.32 Å². The highest BCUT2D eigenvalue weighted by Crippen LogP contribution is 2.37. The van der Waals surface area contributed by atoms with Gasteiger partial charge in [0.2, 0.25) is 0 Å². The first kappa shape index (κ1) is 15.9. The van der Waals surface area contributed by atoms with Gasteiger partial charge in [0.05, 0.1) is 28.4 Å². The second kappa shape index (κ2) is 6.64. The van der Waals surface area contributed by atoms with E-state index in [2.05, 4.69) is 10.3 Å². The average Bonchev–Trinajstić information content (AvgIpc) is 2.50. The SMILES string of the molecule is O=C(NC(c1ccccn1)C1CC(O)C1)c1ccc(F)cc1Cl. The number of halogens is 2. The molecule has 3 rings (SSSR count). The lowest BCUT2D eigenvalue weighted by Gasteiger charge is -2.37. The summed E-state index contributed by atoms with van der Waals surface area (Å²) in [5.74, 6) is -0.759. The Hall–Kier alpha value is -1.98. The third-order valence-corrected chi connectivity index (χ3v) is 4.40. The average molecular weight is 335 g/mol. The topological polar surface area (TPSA) is 62.2 Å². The van der Waals surface area contributed by atoms with Gasteiger partial charge in [0.15, 0.2) is 0 Å². The van der Waals surface area contributed by atoms with E-state index in [9.17, 15) is 14.3 Å². The summed E-state index contributed by atoms with van der Waals surface area (Å²) in [6.45, 7) is 0. The zero-order chi connectivity index (χ0) is 16.4. The van der Waals surface area contributed by atoms with Crippen LogP contribution in [0.15, 0.2) is 42.6 Å². The minimum Gasteiger partial charge on any atom is -0.393 e. The van der Waals surface area contributed by atoms with E-state index >= 15 is 0 Å². The molecular weight excluding hydrogens is 319 g/mol. The van der Waals surface area contributed by atoms with Crippen LogP contribution in [0.5, 0.6) is 0 Å². The zero-order valence-electron chi connectivity index (χ0n) is 12.2. The van der Waals surface area contributed by atoms with Gasteiger partial charge < -0.3 is 10.4 Å². The molecule has 1 atom stereocenters. The van der Waals surface area contributed by atoms with Gasteiger partial charge in [-0.05, 0) is 49.1 Å². The lowest BCUT2D eigenvalue weighted by molar-refractivity contribution is 0.0228. The van der Waals surface area contributed by atoms with Crippen molar-refractivity contribution in [1.82, 2.24) is 10.3 Å². The number of nitrogens with zero attached hydrogens (tertiary/aromatic N) is 1. The lowest BCUT2D eigenvalue weighted by atomic mass is 9.76. The molecule has 23 heavy (non-hydrogen) atoms. The molecular formula is C17H16ClFN2O2.